The van der Waals surface area contributed by atoms with E-state index in [2.05, 4.69) is 11.9 Å². The van der Waals surface area contributed by atoms with E-state index >= 15 is 0 Å². The second kappa shape index (κ2) is 3.73. The summed E-state index contributed by atoms with van der Waals surface area (Å²) in [7, 11) is 0. The Morgan fingerprint density at radius 2 is 2.38 bits per heavy atom. The van der Waals surface area contributed by atoms with Crippen molar-refractivity contribution in [3.8, 4) is 0 Å². The number of amides is 1. The second-order valence-corrected chi connectivity index (χ2v) is 3.50. The minimum Gasteiger partial charge on any atom is -0.369 e. The van der Waals surface area contributed by atoms with E-state index in [9.17, 15) is 4.79 Å². The molecular weight excluding hydrogens is 164 g/mol. The molecular formula is C10H16N2O. The van der Waals surface area contributed by atoms with Crippen LogP contribution in [0.25, 0.3) is 0 Å². The third kappa shape index (κ3) is 1.79. The van der Waals surface area contributed by atoms with Crippen LogP contribution in [0.2, 0.25) is 0 Å². The monoisotopic (exact) mass is 180 g/mol. The Kier molecular flexibility index (Phi) is 2.86. The first-order chi connectivity index (χ1) is 6.12. The molecule has 13 heavy (non-hydrogen) atoms. The van der Waals surface area contributed by atoms with E-state index < -0.39 is 0 Å². The Bertz CT molecular complexity index is 244. The van der Waals surface area contributed by atoms with Crippen molar-refractivity contribution in [2.45, 2.75) is 32.2 Å². The Hall–Kier alpha value is -1.12. The highest BCUT2D eigenvalue weighted by Crippen LogP contribution is 2.31. The Labute approximate surface area is 78.7 Å². The number of nitrogens with zero attached hydrogens (tertiary/aromatic N) is 1. The standard InChI is InChI=1S/C10H16N2O/c1-3-5-10(6-4-7-12-10)8(2)9(11)13/h4,6-8H,3,5H2,1-2H3,(H2,11,13). The summed E-state index contributed by atoms with van der Waals surface area (Å²) in [4.78, 5) is 15.4. The number of allylic oxidation sites excluding steroid dienone is 1. The van der Waals surface area contributed by atoms with Gasteiger partial charge in [-0.2, -0.15) is 0 Å². The molecule has 0 spiro atoms. The first-order valence-electron chi connectivity index (χ1n) is 4.65. The lowest BCUT2D eigenvalue weighted by atomic mass is 9.82. The lowest BCUT2D eigenvalue weighted by Crippen LogP contribution is -2.39. The van der Waals surface area contributed by atoms with Crippen molar-refractivity contribution in [3.63, 3.8) is 0 Å². The predicted molar refractivity (Wildman–Crippen MR) is 53.6 cm³/mol. The summed E-state index contributed by atoms with van der Waals surface area (Å²) in [5, 5.41) is 0. The third-order valence-electron chi connectivity index (χ3n) is 2.61. The molecule has 0 aliphatic carbocycles. The van der Waals surface area contributed by atoms with Crippen molar-refractivity contribution in [2.24, 2.45) is 16.6 Å². The first-order valence-corrected chi connectivity index (χ1v) is 4.65. The van der Waals surface area contributed by atoms with Crippen LogP contribution in [0.4, 0.5) is 0 Å². The van der Waals surface area contributed by atoms with Gasteiger partial charge in [-0.25, -0.2) is 0 Å². The molecule has 72 valence electrons. The van der Waals surface area contributed by atoms with Crippen LogP contribution in [0.1, 0.15) is 26.7 Å². The van der Waals surface area contributed by atoms with Gasteiger partial charge in [0.15, 0.2) is 0 Å². The molecule has 0 aromatic heterocycles. The van der Waals surface area contributed by atoms with E-state index in [-0.39, 0.29) is 17.4 Å². The van der Waals surface area contributed by atoms with E-state index in [0.29, 0.717) is 0 Å². The van der Waals surface area contributed by atoms with Crippen molar-refractivity contribution in [1.29, 1.82) is 0 Å². The molecule has 0 saturated carbocycles. The molecule has 0 bridgehead atoms. The summed E-state index contributed by atoms with van der Waals surface area (Å²) in [5.74, 6) is -0.500. The zero-order valence-electron chi connectivity index (χ0n) is 8.16. The van der Waals surface area contributed by atoms with E-state index in [1.54, 1.807) is 6.21 Å². The SMILES string of the molecule is CCCC1(C(C)C(N)=O)C=CC=N1. The molecule has 2 unspecified atom stereocenters. The number of rotatable bonds is 4. The highest BCUT2D eigenvalue weighted by atomic mass is 16.1. The van der Waals surface area contributed by atoms with Gasteiger partial charge in [0.25, 0.3) is 0 Å². The zero-order valence-corrected chi connectivity index (χ0v) is 8.16. The lowest BCUT2D eigenvalue weighted by molar-refractivity contribution is -0.122. The van der Waals surface area contributed by atoms with Crippen molar-refractivity contribution < 1.29 is 4.79 Å². The molecule has 0 fully saturated rings. The van der Waals surface area contributed by atoms with Gasteiger partial charge in [-0.1, -0.05) is 26.3 Å². The van der Waals surface area contributed by atoms with Crippen LogP contribution in [-0.2, 0) is 4.79 Å². The number of aliphatic imine (C=N–C) groups is 1. The van der Waals surface area contributed by atoms with Gasteiger partial charge in [-0.15, -0.1) is 0 Å². The fourth-order valence-corrected chi connectivity index (χ4v) is 1.70. The molecule has 3 heteroatoms. The fraction of sp³-hybridized carbons (Fsp3) is 0.600. The quantitative estimate of drug-likeness (QED) is 0.696. The summed E-state index contributed by atoms with van der Waals surface area (Å²) in [6.07, 6.45) is 7.49. The van der Waals surface area contributed by atoms with Gasteiger partial charge in [-0.3, -0.25) is 9.79 Å². The van der Waals surface area contributed by atoms with Gasteiger partial charge in [0.1, 0.15) is 0 Å². The molecule has 1 amide bonds. The molecule has 0 radical (unpaired) electrons. The van der Waals surface area contributed by atoms with Gasteiger partial charge in [0.2, 0.25) is 5.91 Å². The van der Waals surface area contributed by atoms with Crippen LogP contribution in [0.3, 0.4) is 0 Å². The molecule has 0 aromatic rings. The molecule has 1 aliphatic rings. The first kappa shape index (κ1) is 9.96. The van der Waals surface area contributed by atoms with Crippen LogP contribution in [-0.4, -0.2) is 17.7 Å². The van der Waals surface area contributed by atoms with Crippen LogP contribution in [0.5, 0.6) is 0 Å². The lowest BCUT2D eigenvalue weighted by Gasteiger charge is -2.28. The summed E-state index contributed by atoms with van der Waals surface area (Å²) in [5.41, 5.74) is 4.92. The number of primary amides is 1. The average Bonchev–Trinajstić information content (AvgIpc) is 2.53. The normalized spacial score (nSPS) is 27.8. The second-order valence-electron chi connectivity index (χ2n) is 3.50. The van der Waals surface area contributed by atoms with Crippen LogP contribution >= 0.6 is 0 Å². The van der Waals surface area contributed by atoms with Gasteiger partial charge in [0, 0.05) is 6.21 Å². The van der Waals surface area contributed by atoms with Crippen molar-refractivity contribution >= 4 is 12.1 Å². The summed E-state index contributed by atoms with van der Waals surface area (Å²) in [6, 6.07) is 0. The average molecular weight is 180 g/mol. The van der Waals surface area contributed by atoms with Crippen molar-refractivity contribution in [2.75, 3.05) is 0 Å². The Morgan fingerprint density at radius 1 is 1.69 bits per heavy atom. The molecule has 2 atom stereocenters. The summed E-state index contributed by atoms with van der Waals surface area (Å²) in [6.45, 7) is 3.92. The van der Waals surface area contributed by atoms with E-state index in [4.69, 9.17) is 5.73 Å². The number of nitrogens with two attached hydrogens (primary N) is 1. The largest absolute Gasteiger partial charge is 0.369 e. The van der Waals surface area contributed by atoms with Gasteiger partial charge in [0.05, 0.1) is 11.5 Å². The molecule has 3 nitrogen and oxygen atoms in total. The minimum absolute atomic E-state index is 0.220. The number of carbonyl (C=O) groups excluding carboxylic acids is 1. The predicted octanol–water partition coefficient (Wildman–Crippen LogP) is 1.29. The maximum absolute atomic E-state index is 11.1. The van der Waals surface area contributed by atoms with E-state index in [1.165, 1.54) is 0 Å². The van der Waals surface area contributed by atoms with Crippen molar-refractivity contribution in [1.82, 2.24) is 0 Å². The Balaban J connectivity index is 2.85. The molecule has 0 aromatic carbocycles. The fourth-order valence-electron chi connectivity index (χ4n) is 1.70. The Morgan fingerprint density at radius 3 is 2.77 bits per heavy atom. The number of hydrogen-bond donors (Lipinski definition) is 1. The van der Waals surface area contributed by atoms with Gasteiger partial charge >= 0.3 is 0 Å². The van der Waals surface area contributed by atoms with Crippen LogP contribution in [0, 0.1) is 5.92 Å². The van der Waals surface area contributed by atoms with Crippen molar-refractivity contribution in [3.05, 3.63) is 12.2 Å². The smallest absolute Gasteiger partial charge is 0.223 e. The molecule has 1 rings (SSSR count). The van der Waals surface area contributed by atoms with Crippen LogP contribution < -0.4 is 5.73 Å². The maximum Gasteiger partial charge on any atom is 0.223 e. The van der Waals surface area contributed by atoms with Gasteiger partial charge < -0.3 is 5.73 Å². The number of hydrogen-bond acceptors (Lipinski definition) is 2. The summed E-state index contributed by atoms with van der Waals surface area (Å²) < 4.78 is 0. The van der Waals surface area contributed by atoms with E-state index in [0.717, 1.165) is 12.8 Å². The minimum atomic E-state index is -0.361. The highest BCUT2D eigenvalue weighted by molar-refractivity contribution is 5.82. The topological polar surface area (TPSA) is 55.5 Å². The molecule has 0 saturated heterocycles. The zero-order chi connectivity index (χ0) is 9.90. The molecule has 1 heterocycles. The molecule has 2 N–H and O–H groups in total. The summed E-state index contributed by atoms with van der Waals surface area (Å²) >= 11 is 0. The van der Waals surface area contributed by atoms with Gasteiger partial charge in [-0.05, 0) is 12.5 Å². The third-order valence-corrected chi connectivity index (χ3v) is 2.61. The maximum atomic E-state index is 11.1. The van der Waals surface area contributed by atoms with E-state index in [1.807, 2.05) is 19.1 Å². The van der Waals surface area contributed by atoms with Crippen LogP contribution in [0.15, 0.2) is 17.1 Å². The highest BCUT2D eigenvalue weighted by Gasteiger charge is 2.36. The molecule has 1 aliphatic heterocycles. The number of carbonyl (C=O) groups is 1.